The number of rotatable bonds is 5. The molecule has 7 heteroatoms. The Hall–Kier alpha value is -1.63. The first-order valence-electron chi connectivity index (χ1n) is 6.59. The molecule has 3 N–H and O–H groups in total. The summed E-state index contributed by atoms with van der Waals surface area (Å²) in [6.07, 6.45) is -3.86. The summed E-state index contributed by atoms with van der Waals surface area (Å²) < 4.78 is 51.8. The molecule has 0 spiro atoms. The van der Waals surface area contributed by atoms with Gasteiger partial charge >= 0.3 is 6.18 Å². The topological polar surface area (TPSA) is 55.1 Å². The summed E-state index contributed by atoms with van der Waals surface area (Å²) in [6, 6.07) is 2.62. The van der Waals surface area contributed by atoms with E-state index in [0.29, 0.717) is 18.9 Å². The van der Waals surface area contributed by atoms with Gasteiger partial charge in [-0.25, -0.2) is 4.39 Å². The van der Waals surface area contributed by atoms with E-state index in [2.05, 4.69) is 5.32 Å². The molecule has 118 valence electrons. The Morgan fingerprint density at radius 2 is 1.81 bits per heavy atom. The lowest BCUT2D eigenvalue weighted by atomic mass is 9.92. The SMILES string of the molecule is CCC(CC)(CN)NC(=O)c1cccc(C(F)(F)F)c1F. The highest BCUT2D eigenvalue weighted by Gasteiger charge is 2.36. The van der Waals surface area contributed by atoms with Crippen LogP contribution in [0, 0.1) is 5.82 Å². The van der Waals surface area contributed by atoms with E-state index in [9.17, 15) is 22.4 Å². The average molecular weight is 306 g/mol. The molecule has 0 bridgehead atoms. The van der Waals surface area contributed by atoms with Crippen LogP contribution in [0.3, 0.4) is 0 Å². The quantitative estimate of drug-likeness (QED) is 0.821. The van der Waals surface area contributed by atoms with Gasteiger partial charge in [0, 0.05) is 6.54 Å². The van der Waals surface area contributed by atoms with Crippen LogP contribution in [0.2, 0.25) is 0 Å². The lowest BCUT2D eigenvalue weighted by Crippen LogP contribution is -2.53. The summed E-state index contributed by atoms with van der Waals surface area (Å²) in [5, 5.41) is 2.54. The van der Waals surface area contributed by atoms with Crippen LogP contribution in [-0.4, -0.2) is 18.0 Å². The minimum atomic E-state index is -4.85. The maximum Gasteiger partial charge on any atom is 0.419 e. The van der Waals surface area contributed by atoms with Gasteiger partial charge in [-0.3, -0.25) is 4.79 Å². The number of hydrogen-bond donors (Lipinski definition) is 2. The number of hydrogen-bond acceptors (Lipinski definition) is 2. The zero-order valence-electron chi connectivity index (χ0n) is 11.9. The van der Waals surface area contributed by atoms with Crippen LogP contribution in [0.4, 0.5) is 17.6 Å². The summed E-state index contributed by atoms with van der Waals surface area (Å²) in [6.45, 7) is 3.70. The number of carbonyl (C=O) groups excluding carboxylic acids is 1. The highest BCUT2D eigenvalue weighted by Crippen LogP contribution is 2.32. The Morgan fingerprint density at radius 3 is 2.24 bits per heavy atom. The molecule has 0 unspecified atom stereocenters. The molecule has 0 heterocycles. The summed E-state index contributed by atoms with van der Waals surface area (Å²) in [7, 11) is 0. The molecule has 0 saturated carbocycles. The van der Waals surface area contributed by atoms with Crippen LogP contribution in [0.15, 0.2) is 18.2 Å². The summed E-state index contributed by atoms with van der Waals surface area (Å²) in [5.41, 5.74) is 2.76. The molecule has 1 aromatic rings. The van der Waals surface area contributed by atoms with E-state index in [1.165, 1.54) is 0 Å². The largest absolute Gasteiger partial charge is 0.419 e. The van der Waals surface area contributed by atoms with Crippen molar-refractivity contribution in [2.24, 2.45) is 5.73 Å². The van der Waals surface area contributed by atoms with Crippen molar-refractivity contribution < 1.29 is 22.4 Å². The molecular formula is C14H18F4N2O. The van der Waals surface area contributed by atoms with Crippen LogP contribution in [0.25, 0.3) is 0 Å². The third kappa shape index (κ3) is 3.72. The van der Waals surface area contributed by atoms with Crippen LogP contribution < -0.4 is 11.1 Å². The standard InChI is InChI=1S/C14H18F4N2O/c1-3-13(4-2,8-19)20-12(21)9-6-5-7-10(11(9)15)14(16,17)18/h5-7H,3-4,8,19H2,1-2H3,(H,20,21). The normalized spacial score (nSPS) is 12.3. The first kappa shape index (κ1) is 17.4. The van der Waals surface area contributed by atoms with E-state index in [4.69, 9.17) is 5.73 Å². The number of carbonyl (C=O) groups is 1. The molecule has 0 aliphatic carbocycles. The molecule has 1 aromatic carbocycles. The molecule has 3 nitrogen and oxygen atoms in total. The third-order valence-corrected chi connectivity index (χ3v) is 3.67. The number of benzene rings is 1. The zero-order valence-corrected chi connectivity index (χ0v) is 11.9. The predicted octanol–water partition coefficient (Wildman–Crippen LogP) is 3.09. The maximum atomic E-state index is 13.9. The van der Waals surface area contributed by atoms with E-state index in [-0.39, 0.29) is 6.54 Å². The first-order valence-corrected chi connectivity index (χ1v) is 6.59. The lowest BCUT2D eigenvalue weighted by molar-refractivity contribution is -0.140. The van der Waals surface area contributed by atoms with Crippen molar-refractivity contribution in [1.29, 1.82) is 0 Å². The van der Waals surface area contributed by atoms with Gasteiger partial charge in [0.05, 0.1) is 16.7 Å². The highest BCUT2D eigenvalue weighted by molar-refractivity contribution is 5.95. The average Bonchev–Trinajstić information content (AvgIpc) is 2.43. The van der Waals surface area contributed by atoms with Crippen molar-refractivity contribution >= 4 is 5.91 Å². The predicted molar refractivity (Wildman–Crippen MR) is 71.2 cm³/mol. The van der Waals surface area contributed by atoms with Crippen molar-refractivity contribution in [3.05, 3.63) is 35.1 Å². The van der Waals surface area contributed by atoms with E-state index in [1.807, 2.05) is 0 Å². The molecule has 0 aliphatic rings. The minimum absolute atomic E-state index is 0.117. The summed E-state index contributed by atoms with van der Waals surface area (Å²) in [4.78, 5) is 12.1. The van der Waals surface area contributed by atoms with Gasteiger partial charge in [-0.05, 0) is 25.0 Å². The molecule has 0 saturated heterocycles. The number of alkyl halides is 3. The minimum Gasteiger partial charge on any atom is -0.345 e. The Bertz CT molecular complexity index is 502. The molecule has 1 amide bonds. The third-order valence-electron chi connectivity index (χ3n) is 3.67. The molecule has 0 atom stereocenters. The summed E-state index contributed by atoms with van der Waals surface area (Å²) in [5.74, 6) is -2.46. The lowest BCUT2D eigenvalue weighted by Gasteiger charge is -2.31. The van der Waals surface area contributed by atoms with Crippen molar-refractivity contribution in [2.45, 2.75) is 38.4 Å². The Kier molecular flexibility index (Phi) is 5.33. The number of nitrogens with one attached hydrogen (secondary N) is 1. The van der Waals surface area contributed by atoms with Crippen molar-refractivity contribution in [2.75, 3.05) is 6.54 Å². The Balaban J connectivity index is 3.15. The number of nitrogens with two attached hydrogens (primary N) is 1. The van der Waals surface area contributed by atoms with E-state index < -0.39 is 34.6 Å². The Labute approximate surface area is 120 Å². The van der Waals surface area contributed by atoms with Gasteiger partial charge in [-0.15, -0.1) is 0 Å². The smallest absolute Gasteiger partial charge is 0.345 e. The highest BCUT2D eigenvalue weighted by atomic mass is 19.4. The van der Waals surface area contributed by atoms with Gasteiger partial charge in [0.25, 0.3) is 5.91 Å². The van der Waals surface area contributed by atoms with Crippen molar-refractivity contribution in [1.82, 2.24) is 5.32 Å². The van der Waals surface area contributed by atoms with Crippen LogP contribution >= 0.6 is 0 Å². The second-order valence-electron chi connectivity index (χ2n) is 4.81. The van der Waals surface area contributed by atoms with Crippen molar-refractivity contribution in [3.63, 3.8) is 0 Å². The molecule has 0 radical (unpaired) electrons. The maximum absolute atomic E-state index is 13.9. The fourth-order valence-corrected chi connectivity index (χ4v) is 2.00. The first-order chi connectivity index (χ1) is 9.70. The molecular weight excluding hydrogens is 288 g/mol. The fourth-order valence-electron chi connectivity index (χ4n) is 2.00. The number of amides is 1. The zero-order chi connectivity index (χ0) is 16.3. The molecule has 0 aliphatic heterocycles. The van der Waals surface area contributed by atoms with Gasteiger partial charge in [-0.2, -0.15) is 13.2 Å². The second-order valence-corrected chi connectivity index (χ2v) is 4.81. The molecule has 21 heavy (non-hydrogen) atoms. The molecule has 0 fully saturated rings. The van der Waals surface area contributed by atoms with Crippen LogP contribution in [-0.2, 0) is 6.18 Å². The molecule has 0 aromatic heterocycles. The van der Waals surface area contributed by atoms with E-state index in [1.54, 1.807) is 13.8 Å². The van der Waals surface area contributed by atoms with E-state index >= 15 is 0 Å². The second kappa shape index (κ2) is 6.43. The fraction of sp³-hybridized carbons (Fsp3) is 0.500. The summed E-state index contributed by atoms with van der Waals surface area (Å²) >= 11 is 0. The van der Waals surface area contributed by atoms with Crippen LogP contribution in [0.1, 0.15) is 42.6 Å². The van der Waals surface area contributed by atoms with Gasteiger partial charge in [0.1, 0.15) is 5.82 Å². The van der Waals surface area contributed by atoms with Gasteiger partial charge in [0.2, 0.25) is 0 Å². The van der Waals surface area contributed by atoms with Crippen molar-refractivity contribution in [3.8, 4) is 0 Å². The van der Waals surface area contributed by atoms with Gasteiger partial charge < -0.3 is 11.1 Å². The monoisotopic (exact) mass is 306 g/mol. The number of halogens is 4. The van der Waals surface area contributed by atoms with Gasteiger partial charge in [0.15, 0.2) is 0 Å². The molecule has 1 rings (SSSR count). The Morgan fingerprint density at radius 1 is 1.24 bits per heavy atom. The van der Waals surface area contributed by atoms with E-state index in [0.717, 1.165) is 12.1 Å². The van der Waals surface area contributed by atoms with Gasteiger partial charge in [-0.1, -0.05) is 19.9 Å². The van der Waals surface area contributed by atoms with Crippen LogP contribution in [0.5, 0.6) is 0 Å².